The number of hydrogen-bond donors (Lipinski definition) is 2. The molecule has 20 heavy (non-hydrogen) atoms. The van der Waals surface area contributed by atoms with E-state index in [4.69, 9.17) is 5.73 Å². The maximum atomic E-state index is 12.0. The third-order valence-corrected chi connectivity index (χ3v) is 3.63. The van der Waals surface area contributed by atoms with E-state index in [0.29, 0.717) is 17.8 Å². The van der Waals surface area contributed by atoms with E-state index in [1.807, 2.05) is 6.07 Å². The number of nitrogens with two attached hydrogens (primary N) is 1. The lowest BCUT2D eigenvalue weighted by atomic mass is 10.1. The van der Waals surface area contributed by atoms with Crippen molar-refractivity contribution in [3.05, 3.63) is 63.6 Å². The van der Waals surface area contributed by atoms with Crippen LogP contribution in [0.1, 0.15) is 21.5 Å². The van der Waals surface area contributed by atoms with Crippen molar-refractivity contribution in [1.29, 1.82) is 0 Å². The van der Waals surface area contributed by atoms with Crippen LogP contribution in [0.15, 0.2) is 46.9 Å². The molecule has 0 unspecified atom stereocenters. The molecule has 0 atom stereocenters. The largest absolute Gasteiger partial charge is 0.399 e. The number of benzene rings is 2. The lowest BCUT2D eigenvalue weighted by Crippen LogP contribution is -2.25. The van der Waals surface area contributed by atoms with Crippen molar-refractivity contribution in [2.75, 3.05) is 12.3 Å². The van der Waals surface area contributed by atoms with E-state index in [-0.39, 0.29) is 5.91 Å². The molecule has 0 bridgehead atoms. The zero-order chi connectivity index (χ0) is 14.5. The summed E-state index contributed by atoms with van der Waals surface area (Å²) in [5.74, 6) is -0.0926. The molecule has 1 amide bonds. The zero-order valence-corrected chi connectivity index (χ0v) is 12.9. The molecule has 0 aliphatic heterocycles. The Labute approximate surface area is 127 Å². The Morgan fingerprint density at radius 3 is 2.80 bits per heavy atom. The average molecular weight is 333 g/mol. The summed E-state index contributed by atoms with van der Waals surface area (Å²) < 4.78 is 1.06. The molecule has 0 radical (unpaired) electrons. The molecule has 0 saturated carbocycles. The van der Waals surface area contributed by atoms with Gasteiger partial charge in [0.05, 0.1) is 0 Å². The summed E-state index contributed by atoms with van der Waals surface area (Å²) >= 11 is 3.46. The Morgan fingerprint density at radius 2 is 2.05 bits per heavy atom. The number of anilines is 1. The summed E-state index contributed by atoms with van der Waals surface area (Å²) in [6.45, 7) is 2.67. The van der Waals surface area contributed by atoms with Gasteiger partial charge >= 0.3 is 0 Å². The number of amides is 1. The molecule has 0 spiro atoms. The van der Waals surface area contributed by atoms with Gasteiger partial charge in [-0.3, -0.25) is 4.79 Å². The van der Waals surface area contributed by atoms with Gasteiger partial charge in [0.2, 0.25) is 0 Å². The summed E-state index contributed by atoms with van der Waals surface area (Å²) in [6.07, 6.45) is 0.805. The highest BCUT2D eigenvalue weighted by atomic mass is 79.9. The highest BCUT2D eigenvalue weighted by Crippen LogP contribution is 2.16. The molecule has 0 aromatic heterocycles. The van der Waals surface area contributed by atoms with Crippen LogP contribution in [0, 0.1) is 6.92 Å². The second kappa shape index (κ2) is 6.57. The normalized spacial score (nSPS) is 10.3. The fraction of sp³-hybridized carbons (Fsp3) is 0.188. The Morgan fingerprint density at radius 1 is 1.25 bits per heavy atom. The number of hydrogen-bond acceptors (Lipinski definition) is 2. The van der Waals surface area contributed by atoms with Gasteiger partial charge in [0, 0.05) is 22.3 Å². The van der Waals surface area contributed by atoms with Crippen LogP contribution >= 0.6 is 15.9 Å². The predicted octanol–water partition coefficient (Wildman–Crippen LogP) is 3.31. The van der Waals surface area contributed by atoms with Crippen molar-refractivity contribution in [1.82, 2.24) is 5.32 Å². The third-order valence-electron chi connectivity index (χ3n) is 3.14. The lowest BCUT2D eigenvalue weighted by molar-refractivity contribution is 0.0954. The van der Waals surface area contributed by atoms with Crippen molar-refractivity contribution in [3.8, 4) is 0 Å². The molecule has 0 heterocycles. The first-order valence-corrected chi connectivity index (χ1v) is 7.24. The Kier molecular flexibility index (Phi) is 4.79. The van der Waals surface area contributed by atoms with E-state index >= 15 is 0 Å². The molecular formula is C16H17BrN2O. The molecule has 0 saturated heterocycles. The number of halogens is 1. The molecule has 3 N–H and O–H groups in total. The van der Waals surface area contributed by atoms with Crippen LogP contribution in [-0.4, -0.2) is 12.5 Å². The first-order chi connectivity index (χ1) is 9.56. The highest BCUT2D eigenvalue weighted by Gasteiger charge is 2.05. The predicted molar refractivity (Wildman–Crippen MR) is 85.8 cm³/mol. The Hall–Kier alpha value is -1.81. The second-order valence-corrected chi connectivity index (χ2v) is 5.62. The maximum absolute atomic E-state index is 12.0. The molecule has 0 aliphatic carbocycles. The van der Waals surface area contributed by atoms with Gasteiger partial charge in [-0.1, -0.05) is 28.1 Å². The van der Waals surface area contributed by atoms with Gasteiger partial charge in [0.1, 0.15) is 0 Å². The average Bonchev–Trinajstić information content (AvgIpc) is 2.42. The number of nitrogens with one attached hydrogen (secondary N) is 1. The summed E-state index contributed by atoms with van der Waals surface area (Å²) in [5.41, 5.74) is 9.32. The van der Waals surface area contributed by atoms with E-state index in [0.717, 1.165) is 10.9 Å². The molecule has 4 heteroatoms. The van der Waals surface area contributed by atoms with Gasteiger partial charge in [0.25, 0.3) is 5.91 Å². The van der Waals surface area contributed by atoms with Gasteiger partial charge in [-0.05, 0) is 54.8 Å². The minimum Gasteiger partial charge on any atom is -0.399 e. The van der Waals surface area contributed by atoms with Gasteiger partial charge < -0.3 is 11.1 Å². The smallest absolute Gasteiger partial charge is 0.251 e. The van der Waals surface area contributed by atoms with Crippen molar-refractivity contribution < 1.29 is 4.79 Å². The maximum Gasteiger partial charge on any atom is 0.251 e. The molecule has 3 nitrogen and oxygen atoms in total. The number of aryl methyl sites for hydroxylation is 1. The van der Waals surface area contributed by atoms with Crippen molar-refractivity contribution in [3.63, 3.8) is 0 Å². The number of rotatable bonds is 4. The fourth-order valence-electron chi connectivity index (χ4n) is 2.00. The van der Waals surface area contributed by atoms with Gasteiger partial charge in [-0.25, -0.2) is 0 Å². The first kappa shape index (κ1) is 14.6. The summed E-state index contributed by atoms with van der Waals surface area (Å²) in [6, 6.07) is 13.2. The number of nitrogen functional groups attached to an aromatic ring is 1. The van der Waals surface area contributed by atoms with E-state index in [9.17, 15) is 4.79 Å². The molecule has 2 aromatic carbocycles. The zero-order valence-electron chi connectivity index (χ0n) is 11.3. The van der Waals surface area contributed by atoms with Gasteiger partial charge in [-0.2, -0.15) is 0 Å². The van der Waals surface area contributed by atoms with Gasteiger partial charge in [0.15, 0.2) is 0 Å². The minimum absolute atomic E-state index is 0.0926. The monoisotopic (exact) mass is 332 g/mol. The standard InChI is InChI=1S/C16H17BrN2O/c1-11-5-6-14(17)9-12(11)7-8-19-16(20)13-3-2-4-15(18)10-13/h2-6,9-10H,7-8,18H2,1H3,(H,19,20). The van der Waals surface area contributed by atoms with E-state index in [2.05, 4.69) is 40.3 Å². The fourth-order valence-corrected chi connectivity index (χ4v) is 2.41. The summed E-state index contributed by atoms with van der Waals surface area (Å²) in [7, 11) is 0. The van der Waals surface area contributed by atoms with Crippen LogP contribution in [0.25, 0.3) is 0 Å². The molecule has 2 aromatic rings. The molecule has 2 rings (SSSR count). The van der Waals surface area contributed by atoms with Crippen molar-refractivity contribution in [2.24, 2.45) is 0 Å². The Bertz CT molecular complexity index is 626. The first-order valence-electron chi connectivity index (χ1n) is 6.45. The topological polar surface area (TPSA) is 55.1 Å². The molecule has 0 aliphatic rings. The Balaban J connectivity index is 1.93. The summed E-state index contributed by atoms with van der Waals surface area (Å²) in [4.78, 5) is 12.0. The van der Waals surface area contributed by atoms with Crippen LogP contribution in [0.3, 0.4) is 0 Å². The van der Waals surface area contributed by atoms with Crippen LogP contribution in [0.4, 0.5) is 5.69 Å². The van der Waals surface area contributed by atoms with Crippen LogP contribution in [0.5, 0.6) is 0 Å². The number of carbonyl (C=O) groups excluding carboxylic acids is 1. The van der Waals surface area contributed by atoms with E-state index in [1.54, 1.807) is 24.3 Å². The number of carbonyl (C=O) groups is 1. The minimum atomic E-state index is -0.0926. The van der Waals surface area contributed by atoms with Crippen molar-refractivity contribution >= 4 is 27.5 Å². The third kappa shape index (κ3) is 3.84. The van der Waals surface area contributed by atoms with Crippen molar-refractivity contribution in [2.45, 2.75) is 13.3 Å². The second-order valence-electron chi connectivity index (χ2n) is 4.70. The highest BCUT2D eigenvalue weighted by molar-refractivity contribution is 9.10. The quantitative estimate of drug-likeness (QED) is 0.844. The van der Waals surface area contributed by atoms with E-state index < -0.39 is 0 Å². The molecule has 104 valence electrons. The van der Waals surface area contributed by atoms with E-state index in [1.165, 1.54) is 11.1 Å². The lowest BCUT2D eigenvalue weighted by Gasteiger charge is -2.08. The molecule has 0 fully saturated rings. The van der Waals surface area contributed by atoms with Crippen LogP contribution in [0.2, 0.25) is 0 Å². The van der Waals surface area contributed by atoms with Crippen LogP contribution < -0.4 is 11.1 Å². The van der Waals surface area contributed by atoms with Gasteiger partial charge in [-0.15, -0.1) is 0 Å². The SMILES string of the molecule is Cc1ccc(Br)cc1CCNC(=O)c1cccc(N)c1. The summed E-state index contributed by atoms with van der Waals surface area (Å²) in [5, 5.41) is 2.91. The molecular weight excluding hydrogens is 316 g/mol. The van der Waals surface area contributed by atoms with Crippen LogP contribution in [-0.2, 0) is 6.42 Å².